The van der Waals surface area contributed by atoms with E-state index < -0.39 is 11.9 Å². The average Bonchev–Trinajstić information content (AvgIpc) is 3.00. The molecule has 0 saturated carbocycles. The quantitative estimate of drug-likeness (QED) is 0.0409. The van der Waals surface area contributed by atoms with Gasteiger partial charge in [-0.3, -0.25) is 9.59 Å². The zero-order valence-electron chi connectivity index (χ0n) is 28.6. The van der Waals surface area contributed by atoms with Crippen molar-refractivity contribution < 1.29 is 19.8 Å². The molecule has 0 aromatic rings. The number of carboxylic acid groups (broad SMARTS) is 2. The summed E-state index contributed by atoms with van der Waals surface area (Å²) in [6.07, 6.45) is 42.7. The fourth-order valence-electron chi connectivity index (χ4n) is 5.67. The fourth-order valence-corrected chi connectivity index (χ4v) is 5.67. The van der Waals surface area contributed by atoms with E-state index in [4.69, 9.17) is 15.9 Å². The van der Waals surface area contributed by atoms with E-state index in [2.05, 4.69) is 29.6 Å². The van der Waals surface area contributed by atoms with Gasteiger partial charge in [0.05, 0.1) is 0 Å². The molecular formula is C38H72N2O4. The van der Waals surface area contributed by atoms with Crippen molar-refractivity contribution >= 4 is 11.9 Å². The number of hydrogen-bond donors (Lipinski definition) is 4. The second kappa shape index (κ2) is 35.8. The lowest BCUT2D eigenvalue weighted by molar-refractivity contribution is -0.138. The summed E-state index contributed by atoms with van der Waals surface area (Å²) >= 11 is 0. The van der Waals surface area contributed by atoms with Crippen molar-refractivity contribution in [1.29, 1.82) is 0 Å². The first-order valence-corrected chi connectivity index (χ1v) is 18.7. The standard InChI is InChI=1S/C38H72N2O4/c39-35-36(31-27-23-19-15-11-7-3-1-4-8-12-16-20-24-28-32-37(41)42)40-34-30-26-22-18-14-10-6-2-5-9-13-17-21-25-29-33-38(43)44/h1-2,4-5,36,40H,3,6-35,39H2,(H,41,42)(H,43,44)/b4-1-,5-2-. The van der Waals surface area contributed by atoms with E-state index in [1.165, 1.54) is 122 Å². The molecule has 0 saturated heterocycles. The van der Waals surface area contributed by atoms with E-state index in [1.807, 2.05) is 0 Å². The maximum atomic E-state index is 10.5. The van der Waals surface area contributed by atoms with E-state index in [-0.39, 0.29) is 0 Å². The van der Waals surface area contributed by atoms with Gasteiger partial charge >= 0.3 is 11.9 Å². The molecule has 0 aromatic carbocycles. The number of nitrogens with two attached hydrogens (primary N) is 1. The normalized spacial score (nSPS) is 12.5. The van der Waals surface area contributed by atoms with E-state index >= 15 is 0 Å². The molecule has 0 amide bonds. The van der Waals surface area contributed by atoms with Gasteiger partial charge in [-0.25, -0.2) is 0 Å². The number of aliphatic carboxylic acids is 2. The number of nitrogens with one attached hydrogen (secondary N) is 1. The SMILES string of the molecule is NCC(CCCCCCCC/C=C\CCCCCCCC(=O)O)NCCCCCCCC/C=C\CCCCCCCC(=O)O. The van der Waals surface area contributed by atoms with Crippen molar-refractivity contribution in [3.8, 4) is 0 Å². The molecule has 0 spiro atoms. The Morgan fingerprint density at radius 3 is 1.16 bits per heavy atom. The molecule has 0 aliphatic rings. The third-order valence-corrected chi connectivity index (χ3v) is 8.54. The summed E-state index contributed by atoms with van der Waals surface area (Å²) in [6, 6.07) is 0.480. The Hall–Kier alpha value is -1.66. The number of carbonyl (C=O) groups is 2. The Kier molecular flexibility index (Phi) is 34.5. The second-order valence-corrected chi connectivity index (χ2v) is 12.8. The Morgan fingerprint density at radius 1 is 0.477 bits per heavy atom. The van der Waals surface area contributed by atoms with Crippen LogP contribution in [0.2, 0.25) is 0 Å². The third kappa shape index (κ3) is 36.5. The van der Waals surface area contributed by atoms with Gasteiger partial charge in [0.15, 0.2) is 0 Å². The highest BCUT2D eigenvalue weighted by atomic mass is 16.4. The number of unbranched alkanes of at least 4 members (excludes halogenated alkanes) is 22. The van der Waals surface area contributed by atoms with E-state index in [1.54, 1.807) is 0 Å². The number of rotatable bonds is 36. The molecule has 1 unspecified atom stereocenters. The fraction of sp³-hybridized carbons (Fsp3) is 0.842. The first kappa shape index (κ1) is 42.3. The summed E-state index contributed by atoms with van der Waals surface area (Å²) in [5.41, 5.74) is 6.02. The molecule has 0 heterocycles. The smallest absolute Gasteiger partial charge is 0.303 e. The highest BCUT2D eigenvalue weighted by Crippen LogP contribution is 2.13. The van der Waals surface area contributed by atoms with E-state index in [0.29, 0.717) is 18.9 Å². The van der Waals surface area contributed by atoms with E-state index in [9.17, 15) is 9.59 Å². The van der Waals surface area contributed by atoms with Gasteiger partial charge in [-0.2, -0.15) is 0 Å². The second-order valence-electron chi connectivity index (χ2n) is 12.8. The molecule has 0 rings (SSSR count). The van der Waals surface area contributed by atoms with Crippen LogP contribution < -0.4 is 11.1 Å². The predicted molar refractivity (Wildman–Crippen MR) is 188 cm³/mol. The van der Waals surface area contributed by atoms with Crippen LogP contribution in [0.3, 0.4) is 0 Å². The first-order chi connectivity index (χ1) is 21.6. The van der Waals surface area contributed by atoms with Crippen molar-refractivity contribution in [3.05, 3.63) is 24.3 Å². The zero-order valence-corrected chi connectivity index (χ0v) is 28.6. The highest BCUT2D eigenvalue weighted by Gasteiger charge is 2.05. The summed E-state index contributed by atoms with van der Waals surface area (Å²) < 4.78 is 0. The van der Waals surface area contributed by atoms with Gasteiger partial charge in [0.25, 0.3) is 0 Å². The molecule has 6 nitrogen and oxygen atoms in total. The maximum absolute atomic E-state index is 10.5. The van der Waals surface area contributed by atoms with Crippen LogP contribution in [0.5, 0.6) is 0 Å². The molecule has 0 aliphatic heterocycles. The molecule has 0 aliphatic carbocycles. The minimum absolute atomic E-state index is 0.316. The Morgan fingerprint density at radius 2 is 0.795 bits per heavy atom. The lowest BCUT2D eigenvalue weighted by atomic mass is 10.0. The summed E-state index contributed by atoms with van der Waals surface area (Å²) in [7, 11) is 0. The average molecular weight is 621 g/mol. The van der Waals surface area contributed by atoms with Gasteiger partial charge in [0.2, 0.25) is 0 Å². The van der Waals surface area contributed by atoms with Gasteiger partial charge in [-0.05, 0) is 83.6 Å². The molecule has 6 heteroatoms. The molecule has 0 radical (unpaired) electrons. The Balaban J connectivity index is 3.35. The zero-order chi connectivity index (χ0) is 32.2. The summed E-state index contributed by atoms with van der Waals surface area (Å²) in [6.45, 7) is 1.85. The van der Waals surface area contributed by atoms with Crippen molar-refractivity contribution in [2.45, 2.75) is 192 Å². The molecule has 1 atom stereocenters. The molecule has 44 heavy (non-hydrogen) atoms. The van der Waals surface area contributed by atoms with Crippen LogP contribution in [0.1, 0.15) is 186 Å². The molecular weight excluding hydrogens is 548 g/mol. The monoisotopic (exact) mass is 621 g/mol. The van der Waals surface area contributed by atoms with Crippen LogP contribution in [0.25, 0.3) is 0 Å². The lowest BCUT2D eigenvalue weighted by Crippen LogP contribution is -2.36. The van der Waals surface area contributed by atoms with Gasteiger partial charge in [-0.1, -0.05) is 121 Å². The number of carboxylic acids is 2. The van der Waals surface area contributed by atoms with Crippen molar-refractivity contribution in [2.24, 2.45) is 5.73 Å². The summed E-state index contributed by atoms with van der Waals surface area (Å²) in [4.78, 5) is 21.0. The Bertz CT molecular complexity index is 680. The van der Waals surface area contributed by atoms with Gasteiger partial charge in [0, 0.05) is 25.4 Å². The molecule has 0 bridgehead atoms. The van der Waals surface area contributed by atoms with Crippen LogP contribution in [0.15, 0.2) is 24.3 Å². The molecule has 0 fully saturated rings. The topological polar surface area (TPSA) is 113 Å². The van der Waals surface area contributed by atoms with Crippen LogP contribution >= 0.6 is 0 Å². The Labute approximate surface area is 272 Å². The first-order valence-electron chi connectivity index (χ1n) is 18.7. The van der Waals surface area contributed by atoms with Crippen molar-refractivity contribution in [3.63, 3.8) is 0 Å². The van der Waals surface area contributed by atoms with Gasteiger partial charge in [-0.15, -0.1) is 0 Å². The minimum Gasteiger partial charge on any atom is -0.481 e. The van der Waals surface area contributed by atoms with Crippen LogP contribution in [-0.4, -0.2) is 41.3 Å². The summed E-state index contributed by atoms with van der Waals surface area (Å²) in [5.74, 6) is -1.34. The predicted octanol–water partition coefficient (Wildman–Crippen LogP) is 10.5. The number of hydrogen-bond acceptors (Lipinski definition) is 4. The van der Waals surface area contributed by atoms with Crippen molar-refractivity contribution in [1.82, 2.24) is 5.32 Å². The van der Waals surface area contributed by atoms with Gasteiger partial charge < -0.3 is 21.3 Å². The third-order valence-electron chi connectivity index (χ3n) is 8.54. The number of allylic oxidation sites excluding steroid dienone is 4. The lowest BCUT2D eigenvalue weighted by Gasteiger charge is -2.16. The van der Waals surface area contributed by atoms with E-state index in [0.717, 1.165) is 64.5 Å². The molecule has 258 valence electrons. The van der Waals surface area contributed by atoms with Crippen molar-refractivity contribution in [2.75, 3.05) is 13.1 Å². The van der Waals surface area contributed by atoms with Gasteiger partial charge in [0.1, 0.15) is 0 Å². The largest absolute Gasteiger partial charge is 0.481 e. The van der Waals surface area contributed by atoms with Crippen LogP contribution in [-0.2, 0) is 9.59 Å². The maximum Gasteiger partial charge on any atom is 0.303 e. The van der Waals surface area contributed by atoms with Crippen LogP contribution in [0, 0.1) is 0 Å². The highest BCUT2D eigenvalue weighted by molar-refractivity contribution is 5.66. The molecule has 5 N–H and O–H groups in total. The summed E-state index contributed by atoms with van der Waals surface area (Å²) in [5, 5.41) is 21.0. The molecule has 0 aromatic heterocycles. The van der Waals surface area contributed by atoms with Crippen LogP contribution in [0.4, 0.5) is 0 Å². The minimum atomic E-state index is -0.673.